The van der Waals surface area contributed by atoms with Crippen molar-refractivity contribution in [1.82, 2.24) is 0 Å². The summed E-state index contributed by atoms with van der Waals surface area (Å²) >= 11 is 0. The second-order valence-corrected chi connectivity index (χ2v) is 3.56. The van der Waals surface area contributed by atoms with E-state index >= 15 is 0 Å². The van der Waals surface area contributed by atoms with Crippen molar-refractivity contribution in [3.05, 3.63) is 28.8 Å². The summed E-state index contributed by atoms with van der Waals surface area (Å²) in [6.07, 6.45) is 0.470. The van der Waals surface area contributed by atoms with Gasteiger partial charge in [-0.25, -0.2) is 0 Å². The third-order valence-corrected chi connectivity index (χ3v) is 2.57. The number of aryl methyl sites for hydroxylation is 1. The van der Waals surface area contributed by atoms with Crippen LogP contribution in [0.1, 0.15) is 29.2 Å². The summed E-state index contributed by atoms with van der Waals surface area (Å²) in [6, 6.07) is 3.22. The molecule has 3 heteroatoms. The molecule has 78 valence electrons. The van der Waals surface area contributed by atoms with Crippen molar-refractivity contribution in [3.63, 3.8) is 0 Å². The van der Waals surface area contributed by atoms with Gasteiger partial charge >= 0.3 is 0 Å². The van der Waals surface area contributed by atoms with Gasteiger partial charge in [0.25, 0.3) is 0 Å². The topological polar surface area (TPSA) is 66.5 Å². The van der Waals surface area contributed by atoms with Crippen LogP contribution in [-0.4, -0.2) is 16.8 Å². The molecule has 0 aliphatic rings. The monoisotopic (exact) mass is 195 g/mol. The molecule has 4 N–H and O–H groups in total. The molecule has 0 spiro atoms. The van der Waals surface area contributed by atoms with Gasteiger partial charge < -0.3 is 15.9 Å². The van der Waals surface area contributed by atoms with Crippen molar-refractivity contribution < 1.29 is 10.2 Å². The number of aromatic hydroxyl groups is 1. The summed E-state index contributed by atoms with van der Waals surface area (Å²) in [5.41, 5.74) is 8.71. The second-order valence-electron chi connectivity index (χ2n) is 3.56. The van der Waals surface area contributed by atoms with Crippen LogP contribution in [0.15, 0.2) is 12.1 Å². The van der Waals surface area contributed by atoms with E-state index in [4.69, 9.17) is 10.8 Å². The number of hydrogen-bond donors (Lipinski definition) is 3. The maximum Gasteiger partial charge on any atom is 0.120 e. The fourth-order valence-electron chi connectivity index (χ4n) is 1.57. The van der Waals surface area contributed by atoms with E-state index in [1.54, 1.807) is 6.07 Å². The maximum atomic E-state index is 9.65. The molecule has 1 atom stereocenters. The molecule has 0 aliphatic heterocycles. The van der Waals surface area contributed by atoms with Gasteiger partial charge in [0, 0.05) is 18.2 Å². The molecule has 1 rings (SSSR count). The van der Waals surface area contributed by atoms with Gasteiger partial charge in [-0.15, -0.1) is 0 Å². The Hall–Kier alpha value is -1.06. The third kappa shape index (κ3) is 2.05. The summed E-state index contributed by atoms with van der Waals surface area (Å²) in [4.78, 5) is 0. The number of aliphatic hydroxyl groups is 1. The Kier molecular flexibility index (Phi) is 3.49. The molecule has 14 heavy (non-hydrogen) atoms. The molecule has 1 unspecified atom stereocenters. The van der Waals surface area contributed by atoms with Gasteiger partial charge in [-0.3, -0.25) is 0 Å². The summed E-state index contributed by atoms with van der Waals surface area (Å²) in [5.74, 6) is 0.217. The lowest BCUT2D eigenvalue weighted by atomic mass is 9.95. The Labute approximate surface area is 84.2 Å². The lowest BCUT2D eigenvalue weighted by molar-refractivity contribution is 0.275. The van der Waals surface area contributed by atoms with E-state index in [9.17, 15) is 5.11 Å². The van der Waals surface area contributed by atoms with E-state index in [1.165, 1.54) is 0 Å². The summed E-state index contributed by atoms with van der Waals surface area (Å²) in [6.45, 7) is 3.94. The molecule has 1 aromatic carbocycles. The van der Waals surface area contributed by atoms with Gasteiger partial charge in [-0.2, -0.15) is 0 Å². The molecule has 0 fully saturated rings. The van der Waals surface area contributed by atoms with Crippen molar-refractivity contribution in [1.29, 1.82) is 0 Å². The van der Waals surface area contributed by atoms with Crippen molar-refractivity contribution in [2.75, 3.05) is 6.61 Å². The summed E-state index contributed by atoms with van der Waals surface area (Å²) < 4.78 is 0. The van der Waals surface area contributed by atoms with Crippen LogP contribution in [0.5, 0.6) is 5.75 Å². The third-order valence-electron chi connectivity index (χ3n) is 2.57. The quantitative estimate of drug-likeness (QED) is 0.682. The largest absolute Gasteiger partial charge is 0.508 e. The molecule has 3 nitrogen and oxygen atoms in total. The van der Waals surface area contributed by atoms with Gasteiger partial charge in [0.1, 0.15) is 5.75 Å². The fourth-order valence-corrected chi connectivity index (χ4v) is 1.57. The first-order chi connectivity index (χ1) is 6.57. The Bertz CT molecular complexity index is 323. The average molecular weight is 195 g/mol. The zero-order valence-corrected chi connectivity index (χ0v) is 8.62. The zero-order chi connectivity index (χ0) is 10.7. The van der Waals surface area contributed by atoms with Crippen LogP contribution in [0, 0.1) is 13.8 Å². The number of phenols is 1. The lowest BCUT2D eigenvalue weighted by Gasteiger charge is -2.16. The van der Waals surface area contributed by atoms with E-state index < -0.39 is 0 Å². The molecule has 0 amide bonds. The first-order valence-corrected chi connectivity index (χ1v) is 4.73. The number of rotatable bonds is 3. The molecule has 0 aromatic heterocycles. The van der Waals surface area contributed by atoms with Gasteiger partial charge in [-0.05, 0) is 37.5 Å². The Balaban J connectivity index is 3.11. The number of benzene rings is 1. The highest BCUT2D eigenvalue weighted by atomic mass is 16.3. The Morgan fingerprint density at radius 2 is 2.00 bits per heavy atom. The SMILES string of the molecule is Cc1ccc(O)c(C(N)CCO)c1C. The average Bonchev–Trinajstić information content (AvgIpc) is 2.13. The van der Waals surface area contributed by atoms with E-state index in [0.29, 0.717) is 6.42 Å². The van der Waals surface area contributed by atoms with Gasteiger partial charge in [-0.1, -0.05) is 6.07 Å². The summed E-state index contributed by atoms with van der Waals surface area (Å²) in [7, 11) is 0. The molecular formula is C11H17NO2. The van der Waals surface area contributed by atoms with Gasteiger partial charge in [0.2, 0.25) is 0 Å². The van der Waals surface area contributed by atoms with E-state index in [0.717, 1.165) is 16.7 Å². The minimum Gasteiger partial charge on any atom is -0.508 e. The van der Waals surface area contributed by atoms with Gasteiger partial charge in [0.15, 0.2) is 0 Å². The first-order valence-electron chi connectivity index (χ1n) is 4.73. The van der Waals surface area contributed by atoms with Crippen molar-refractivity contribution in [2.24, 2.45) is 5.73 Å². The number of aliphatic hydroxyl groups excluding tert-OH is 1. The maximum absolute atomic E-state index is 9.65. The number of phenolic OH excluding ortho intramolecular Hbond substituents is 1. The second kappa shape index (κ2) is 4.44. The van der Waals surface area contributed by atoms with Crippen LogP contribution in [0.25, 0.3) is 0 Å². The molecular weight excluding hydrogens is 178 g/mol. The highest BCUT2D eigenvalue weighted by molar-refractivity contribution is 5.44. The van der Waals surface area contributed by atoms with E-state index in [1.807, 2.05) is 19.9 Å². The lowest BCUT2D eigenvalue weighted by Crippen LogP contribution is -2.14. The van der Waals surface area contributed by atoms with Crippen LogP contribution in [0.4, 0.5) is 0 Å². The molecule has 0 heterocycles. The molecule has 0 radical (unpaired) electrons. The standard InChI is InChI=1S/C11H17NO2/c1-7-3-4-10(14)11(8(7)2)9(12)5-6-13/h3-4,9,13-14H,5-6,12H2,1-2H3. The van der Waals surface area contributed by atoms with E-state index in [-0.39, 0.29) is 18.4 Å². The smallest absolute Gasteiger partial charge is 0.120 e. The Morgan fingerprint density at radius 3 is 2.57 bits per heavy atom. The zero-order valence-electron chi connectivity index (χ0n) is 8.62. The minimum atomic E-state index is -0.292. The summed E-state index contributed by atoms with van der Waals surface area (Å²) in [5, 5.41) is 18.4. The highest BCUT2D eigenvalue weighted by Gasteiger charge is 2.14. The van der Waals surface area contributed by atoms with Crippen LogP contribution >= 0.6 is 0 Å². The first kappa shape index (κ1) is 11.0. The normalized spacial score (nSPS) is 12.9. The number of nitrogens with two attached hydrogens (primary N) is 1. The predicted molar refractivity (Wildman–Crippen MR) is 56.2 cm³/mol. The molecule has 0 aliphatic carbocycles. The predicted octanol–water partition coefficient (Wildman–Crippen LogP) is 1.39. The Morgan fingerprint density at radius 1 is 1.36 bits per heavy atom. The number of hydrogen-bond acceptors (Lipinski definition) is 3. The van der Waals surface area contributed by atoms with Crippen molar-refractivity contribution in [3.8, 4) is 5.75 Å². The van der Waals surface area contributed by atoms with Crippen LogP contribution in [0.2, 0.25) is 0 Å². The van der Waals surface area contributed by atoms with Crippen LogP contribution in [-0.2, 0) is 0 Å². The van der Waals surface area contributed by atoms with Crippen molar-refractivity contribution in [2.45, 2.75) is 26.3 Å². The highest BCUT2D eigenvalue weighted by Crippen LogP contribution is 2.29. The van der Waals surface area contributed by atoms with Crippen molar-refractivity contribution >= 4 is 0 Å². The fraction of sp³-hybridized carbons (Fsp3) is 0.455. The van der Waals surface area contributed by atoms with Crippen LogP contribution < -0.4 is 5.73 Å². The van der Waals surface area contributed by atoms with Gasteiger partial charge in [0.05, 0.1) is 0 Å². The van der Waals surface area contributed by atoms with E-state index in [2.05, 4.69) is 0 Å². The molecule has 1 aromatic rings. The van der Waals surface area contributed by atoms with Crippen LogP contribution in [0.3, 0.4) is 0 Å². The molecule has 0 saturated carbocycles. The molecule has 0 saturated heterocycles. The minimum absolute atomic E-state index is 0.0357. The molecule has 0 bridgehead atoms.